The van der Waals surface area contributed by atoms with Crippen molar-refractivity contribution in [3.63, 3.8) is 0 Å². The minimum Gasteiger partial charge on any atom is -0.478 e. The van der Waals surface area contributed by atoms with Crippen molar-refractivity contribution in [3.05, 3.63) is 53.8 Å². The van der Waals surface area contributed by atoms with Crippen LogP contribution in [0.1, 0.15) is 10.4 Å². The SMILES string of the molecule is Nc1ccc(N2CCN(c3ccccc3F)CC2)c(C(=O)O)c1. The maximum Gasteiger partial charge on any atom is 0.337 e. The summed E-state index contributed by atoms with van der Waals surface area (Å²) in [6.07, 6.45) is 0. The Morgan fingerprint density at radius 1 is 1.00 bits per heavy atom. The van der Waals surface area contributed by atoms with E-state index in [0.29, 0.717) is 43.2 Å². The van der Waals surface area contributed by atoms with E-state index in [1.807, 2.05) is 15.9 Å². The molecule has 1 fully saturated rings. The Bertz CT molecular complexity index is 728. The van der Waals surface area contributed by atoms with Gasteiger partial charge in [0.2, 0.25) is 0 Å². The summed E-state index contributed by atoms with van der Waals surface area (Å²) in [6.45, 7) is 2.51. The Hall–Kier alpha value is -2.76. The largest absolute Gasteiger partial charge is 0.478 e. The van der Waals surface area contributed by atoms with Crippen molar-refractivity contribution < 1.29 is 14.3 Å². The minimum atomic E-state index is -0.996. The molecule has 0 bridgehead atoms. The predicted octanol–water partition coefficient (Wildman–Crippen LogP) is 2.43. The molecule has 5 nitrogen and oxygen atoms in total. The van der Waals surface area contributed by atoms with Gasteiger partial charge in [-0.3, -0.25) is 0 Å². The smallest absolute Gasteiger partial charge is 0.337 e. The molecule has 6 heteroatoms. The summed E-state index contributed by atoms with van der Waals surface area (Å²) in [5, 5.41) is 9.34. The lowest BCUT2D eigenvalue weighted by Gasteiger charge is -2.38. The summed E-state index contributed by atoms with van der Waals surface area (Å²) < 4.78 is 13.9. The molecular formula is C17H18FN3O2. The van der Waals surface area contributed by atoms with Crippen LogP contribution in [0.15, 0.2) is 42.5 Å². The molecule has 0 aromatic heterocycles. The molecule has 2 aromatic carbocycles. The number of benzene rings is 2. The molecule has 0 spiro atoms. The Balaban J connectivity index is 1.77. The van der Waals surface area contributed by atoms with E-state index >= 15 is 0 Å². The lowest BCUT2D eigenvalue weighted by molar-refractivity contribution is 0.0697. The first kappa shape index (κ1) is 15.1. The number of para-hydroxylation sites is 1. The highest BCUT2D eigenvalue weighted by Crippen LogP contribution is 2.26. The minimum absolute atomic E-state index is 0.198. The number of aromatic carboxylic acids is 1. The summed E-state index contributed by atoms with van der Waals surface area (Å²) in [4.78, 5) is 15.4. The lowest BCUT2D eigenvalue weighted by atomic mass is 10.1. The zero-order valence-corrected chi connectivity index (χ0v) is 12.6. The van der Waals surface area contributed by atoms with Crippen LogP contribution >= 0.6 is 0 Å². The second-order valence-corrected chi connectivity index (χ2v) is 5.51. The van der Waals surface area contributed by atoms with Crippen molar-refractivity contribution in [1.82, 2.24) is 0 Å². The maximum atomic E-state index is 13.9. The molecule has 0 aliphatic carbocycles. The van der Waals surface area contributed by atoms with Gasteiger partial charge in [-0.25, -0.2) is 9.18 Å². The van der Waals surface area contributed by atoms with E-state index < -0.39 is 5.97 Å². The van der Waals surface area contributed by atoms with E-state index in [9.17, 15) is 14.3 Å². The molecule has 0 amide bonds. The number of carboxylic acid groups (broad SMARTS) is 1. The van der Waals surface area contributed by atoms with Crippen LogP contribution in [0.4, 0.5) is 21.5 Å². The number of carboxylic acids is 1. The zero-order valence-electron chi connectivity index (χ0n) is 12.6. The second kappa shape index (κ2) is 6.16. The van der Waals surface area contributed by atoms with Gasteiger partial charge in [-0.2, -0.15) is 0 Å². The van der Waals surface area contributed by atoms with Crippen LogP contribution in [0, 0.1) is 5.82 Å². The first-order valence-electron chi connectivity index (χ1n) is 7.43. The molecule has 0 saturated carbocycles. The van der Waals surface area contributed by atoms with Crippen LogP contribution < -0.4 is 15.5 Å². The normalized spacial score (nSPS) is 14.8. The summed E-state index contributed by atoms with van der Waals surface area (Å²) >= 11 is 0. The Labute approximate surface area is 133 Å². The average molecular weight is 315 g/mol. The standard InChI is InChI=1S/C17H18FN3O2/c18-14-3-1-2-4-16(14)21-9-7-20(8-10-21)15-6-5-12(19)11-13(15)17(22)23/h1-6,11H,7-10,19H2,(H,22,23). The summed E-state index contributed by atoms with van der Waals surface area (Å²) in [5.74, 6) is -1.23. The lowest BCUT2D eigenvalue weighted by Crippen LogP contribution is -2.47. The molecule has 0 unspecified atom stereocenters. The molecule has 1 saturated heterocycles. The van der Waals surface area contributed by atoms with Crippen molar-refractivity contribution in [2.75, 3.05) is 41.7 Å². The molecular weight excluding hydrogens is 297 g/mol. The average Bonchev–Trinajstić information content (AvgIpc) is 2.55. The van der Waals surface area contributed by atoms with E-state index in [1.165, 1.54) is 12.1 Å². The number of carbonyl (C=O) groups is 1. The summed E-state index contributed by atoms with van der Waals surface area (Å²) in [6, 6.07) is 11.6. The van der Waals surface area contributed by atoms with Crippen LogP contribution in [0.3, 0.4) is 0 Å². The molecule has 0 atom stereocenters. The fraction of sp³-hybridized carbons (Fsp3) is 0.235. The van der Waals surface area contributed by atoms with Gasteiger partial charge in [-0.15, -0.1) is 0 Å². The van der Waals surface area contributed by atoms with E-state index in [-0.39, 0.29) is 11.4 Å². The topological polar surface area (TPSA) is 69.8 Å². The first-order chi connectivity index (χ1) is 11.1. The van der Waals surface area contributed by atoms with Gasteiger partial charge in [0, 0.05) is 31.9 Å². The van der Waals surface area contributed by atoms with E-state index in [2.05, 4.69) is 0 Å². The molecule has 1 aliphatic heterocycles. The van der Waals surface area contributed by atoms with Gasteiger partial charge in [0.25, 0.3) is 0 Å². The van der Waals surface area contributed by atoms with Gasteiger partial charge in [0.15, 0.2) is 0 Å². The molecule has 1 heterocycles. The summed E-state index contributed by atoms with van der Waals surface area (Å²) in [7, 11) is 0. The van der Waals surface area contributed by atoms with Crippen LogP contribution in [0.2, 0.25) is 0 Å². The highest BCUT2D eigenvalue weighted by molar-refractivity contribution is 5.95. The highest BCUT2D eigenvalue weighted by atomic mass is 19.1. The Morgan fingerprint density at radius 2 is 1.61 bits per heavy atom. The molecule has 3 rings (SSSR count). The Morgan fingerprint density at radius 3 is 2.22 bits per heavy atom. The zero-order chi connectivity index (χ0) is 16.4. The van der Waals surface area contributed by atoms with E-state index in [1.54, 1.807) is 24.3 Å². The van der Waals surface area contributed by atoms with Crippen molar-refractivity contribution >= 4 is 23.0 Å². The number of nitrogen functional groups attached to an aromatic ring is 1. The van der Waals surface area contributed by atoms with Gasteiger partial charge in [-0.05, 0) is 30.3 Å². The van der Waals surface area contributed by atoms with Crippen molar-refractivity contribution in [3.8, 4) is 0 Å². The van der Waals surface area contributed by atoms with Gasteiger partial charge < -0.3 is 20.6 Å². The van der Waals surface area contributed by atoms with Gasteiger partial charge in [0.05, 0.1) is 16.9 Å². The second-order valence-electron chi connectivity index (χ2n) is 5.51. The van der Waals surface area contributed by atoms with E-state index in [4.69, 9.17) is 5.73 Å². The molecule has 3 N–H and O–H groups in total. The molecule has 0 radical (unpaired) electrons. The monoisotopic (exact) mass is 315 g/mol. The number of hydrogen-bond donors (Lipinski definition) is 2. The quantitative estimate of drug-likeness (QED) is 0.851. The molecule has 1 aliphatic rings. The summed E-state index contributed by atoms with van der Waals surface area (Å²) in [5.41, 5.74) is 7.54. The highest BCUT2D eigenvalue weighted by Gasteiger charge is 2.22. The maximum absolute atomic E-state index is 13.9. The van der Waals surface area contributed by atoms with Crippen LogP contribution in [-0.4, -0.2) is 37.3 Å². The number of nitrogens with zero attached hydrogens (tertiary/aromatic N) is 2. The van der Waals surface area contributed by atoms with Crippen LogP contribution in [-0.2, 0) is 0 Å². The molecule has 2 aromatic rings. The van der Waals surface area contributed by atoms with Gasteiger partial charge in [-0.1, -0.05) is 12.1 Å². The molecule has 120 valence electrons. The number of hydrogen-bond acceptors (Lipinski definition) is 4. The van der Waals surface area contributed by atoms with Crippen molar-refractivity contribution in [1.29, 1.82) is 0 Å². The van der Waals surface area contributed by atoms with Crippen LogP contribution in [0.5, 0.6) is 0 Å². The third kappa shape index (κ3) is 3.06. The van der Waals surface area contributed by atoms with Crippen molar-refractivity contribution in [2.45, 2.75) is 0 Å². The van der Waals surface area contributed by atoms with E-state index in [0.717, 1.165) is 0 Å². The predicted molar refractivity (Wildman–Crippen MR) is 88.6 cm³/mol. The third-order valence-electron chi connectivity index (χ3n) is 4.06. The van der Waals surface area contributed by atoms with Gasteiger partial charge in [0.1, 0.15) is 5.82 Å². The number of halogens is 1. The number of anilines is 3. The van der Waals surface area contributed by atoms with Crippen LogP contribution in [0.25, 0.3) is 0 Å². The molecule has 23 heavy (non-hydrogen) atoms. The third-order valence-corrected chi connectivity index (χ3v) is 4.06. The number of piperazine rings is 1. The van der Waals surface area contributed by atoms with Crippen molar-refractivity contribution in [2.24, 2.45) is 0 Å². The number of nitrogens with two attached hydrogens (primary N) is 1. The fourth-order valence-corrected chi connectivity index (χ4v) is 2.90. The van der Waals surface area contributed by atoms with Gasteiger partial charge >= 0.3 is 5.97 Å². The number of rotatable bonds is 3. The fourth-order valence-electron chi connectivity index (χ4n) is 2.90. The Kier molecular flexibility index (Phi) is 4.06. The first-order valence-corrected chi connectivity index (χ1v) is 7.43.